The highest BCUT2D eigenvalue weighted by Gasteiger charge is 2.29. The minimum atomic E-state index is -3.87. The van der Waals surface area contributed by atoms with Crippen LogP contribution in [0.5, 0.6) is 0 Å². The van der Waals surface area contributed by atoms with Crippen LogP contribution in [0.4, 0.5) is 0 Å². The van der Waals surface area contributed by atoms with E-state index in [1.165, 1.54) is 18.2 Å². The van der Waals surface area contributed by atoms with Crippen molar-refractivity contribution in [3.63, 3.8) is 0 Å². The van der Waals surface area contributed by atoms with Crippen molar-refractivity contribution >= 4 is 43.2 Å². The maximum atomic E-state index is 12.7. The normalized spacial score (nSPS) is 13.5. The van der Waals surface area contributed by atoms with Crippen molar-refractivity contribution < 1.29 is 13.2 Å². The summed E-state index contributed by atoms with van der Waals surface area (Å²) in [6.07, 6.45) is 0. The van der Waals surface area contributed by atoms with Crippen molar-refractivity contribution in [1.82, 2.24) is 5.32 Å². The molecule has 0 aliphatic heterocycles. The van der Waals surface area contributed by atoms with E-state index >= 15 is 0 Å². The fraction of sp³-hybridized carbons (Fsp3) is 0.312. The second kappa shape index (κ2) is 6.95. The Morgan fingerprint density at radius 1 is 1.29 bits per heavy atom. The lowest BCUT2D eigenvalue weighted by Crippen LogP contribution is -2.36. The molecule has 130 valence electrons. The number of nitrogens with two attached hydrogens (primary N) is 1. The van der Waals surface area contributed by atoms with Crippen LogP contribution in [0.2, 0.25) is 0 Å². The van der Waals surface area contributed by atoms with Gasteiger partial charge < -0.3 is 5.32 Å². The van der Waals surface area contributed by atoms with Gasteiger partial charge in [0.2, 0.25) is 10.0 Å². The van der Waals surface area contributed by atoms with E-state index in [2.05, 4.69) is 21.2 Å². The standard InChI is InChI=1S/C16H19BrN2O3S2/c1-16(2,3)14(13-5-4-8-23-13)19-15(20)11-9-10(24(18,21)22)6-7-12(11)17/h4-9,14H,1-3H3,(H,19,20)(H2,18,21,22). The van der Waals surface area contributed by atoms with Gasteiger partial charge in [0.1, 0.15) is 0 Å². The molecule has 1 amide bonds. The number of hydrogen-bond donors (Lipinski definition) is 2. The Hall–Kier alpha value is -1.22. The molecule has 0 aliphatic rings. The van der Waals surface area contributed by atoms with Gasteiger partial charge in [-0.25, -0.2) is 13.6 Å². The van der Waals surface area contributed by atoms with Gasteiger partial charge in [0.05, 0.1) is 16.5 Å². The van der Waals surface area contributed by atoms with Gasteiger partial charge in [0.15, 0.2) is 0 Å². The lowest BCUT2D eigenvalue weighted by atomic mass is 9.85. The van der Waals surface area contributed by atoms with Gasteiger partial charge in [0, 0.05) is 9.35 Å². The van der Waals surface area contributed by atoms with E-state index in [-0.39, 0.29) is 27.8 Å². The van der Waals surface area contributed by atoms with Crippen molar-refractivity contribution in [1.29, 1.82) is 0 Å². The van der Waals surface area contributed by atoms with E-state index in [1.807, 2.05) is 38.3 Å². The average molecular weight is 431 g/mol. The van der Waals surface area contributed by atoms with Crippen LogP contribution in [0, 0.1) is 5.41 Å². The van der Waals surface area contributed by atoms with Gasteiger partial charge in [-0.05, 0) is 51.0 Å². The highest BCUT2D eigenvalue weighted by atomic mass is 79.9. The van der Waals surface area contributed by atoms with Crippen LogP contribution >= 0.6 is 27.3 Å². The van der Waals surface area contributed by atoms with Gasteiger partial charge in [-0.2, -0.15) is 0 Å². The molecule has 1 aromatic carbocycles. The van der Waals surface area contributed by atoms with Gasteiger partial charge in [-0.3, -0.25) is 4.79 Å². The number of benzene rings is 1. The molecule has 0 fully saturated rings. The number of sulfonamides is 1. The molecule has 2 aromatic rings. The maximum absolute atomic E-state index is 12.7. The summed E-state index contributed by atoms with van der Waals surface area (Å²) in [6.45, 7) is 6.11. The monoisotopic (exact) mass is 430 g/mol. The number of carbonyl (C=O) groups excluding carboxylic acids is 1. The first kappa shape index (κ1) is 19.1. The number of amides is 1. The number of primary sulfonamides is 1. The van der Waals surface area contributed by atoms with Crippen LogP contribution in [0.15, 0.2) is 45.1 Å². The molecule has 0 saturated heterocycles. The van der Waals surface area contributed by atoms with Gasteiger partial charge >= 0.3 is 0 Å². The lowest BCUT2D eigenvalue weighted by molar-refractivity contribution is 0.0902. The summed E-state index contributed by atoms with van der Waals surface area (Å²) in [6, 6.07) is 7.85. The molecule has 1 heterocycles. The average Bonchev–Trinajstić information content (AvgIpc) is 2.96. The summed E-state index contributed by atoms with van der Waals surface area (Å²) in [5.41, 5.74) is 0.0252. The van der Waals surface area contributed by atoms with Crippen molar-refractivity contribution in [2.75, 3.05) is 0 Å². The molecule has 8 heteroatoms. The van der Waals surface area contributed by atoms with E-state index in [0.29, 0.717) is 4.47 Å². The molecule has 0 bridgehead atoms. The Kier molecular flexibility index (Phi) is 5.54. The summed E-state index contributed by atoms with van der Waals surface area (Å²) < 4.78 is 23.5. The number of rotatable bonds is 4. The third-order valence-corrected chi connectivity index (χ3v) is 6.02. The summed E-state index contributed by atoms with van der Waals surface area (Å²) >= 11 is 4.86. The summed E-state index contributed by atoms with van der Waals surface area (Å²) in [4.78, 5) is 13.7. The summed E-state index contributed by atoms with van der Waals surface area (Å²) in [5.74, 6) is -0.360. The number of nitrogens with one attached hydrogen (secondary N) is 1. The molecular weight excluding hydrogens is 412 g/mol. The van der Waals surface area contributed by atoms with Crippen molar-refractivity contribution in [2.45, 2.75) is 31.7 Å². The van der Waals surface area contributed by atoms with Crippen LogP contribution in [-0.2, 0) is 10.0 Å². The van der Waals surface area contributed by atoms with Crippen molar-refractivity contribution in [2.24, 2.45) is 10.6 Å². The van der Waals surface area contributed by atoms with Crippen molar-refractivity contribution in [3.05, 3.63) is 50.6 Å². The first-order chi connectivity index (χ1) is 11.0. The first-order valence-corrected chi connectivity index (χ1v) is 10.4. The number of hydrogen-bond acceptors (Lipinski definition) is 4. The molecule has 24 heavy (non-hydrogen) atoms. The van der Waals surface area contributed by atoms with Crippen LogP contribution in [0.1, 0.15) is 42.0 Å². The Balaban J connectivity index is 2.38. The van der Waals surface area contributed by atoms with Gasteiger partial charge in [-0.15, -0.1) is 11.3 Å². The molecule has 0 aliphatic carbocycles. The fourth-order valence-corrected chi connectivity index (χ4v) is 4.22. The Bertz CT molecular complexity index is 841. The Morgan fingerprint density at radius 3 is 2.46 bits per heavy atom. The summed E-state index contributed by atoms with van der Waals surface area (Å²) in [7, 11) is -3.87. The van der Waals surface area contributed by atoms with Crippen LogP contribution in [0.3, 0.4) is 0 Å². The lowest BCUT2D eigenvalue weighted by Gasteiger charge is -2.31. The molecular formula is C16H19BrN2O3S2. The topological polar surface area (TPSA) is 89.3 Å². The second-order valence-corrected chi connectivity index (χ2v) is 9.87. The highest BCUT2D eigenvalue weighted by molar-refractivity contribution is 9.10. The molecule has 0 radical (unpaired) electrons. The second-order valence-electron chi connectivity index (χ2n) is 6.47. The van der Waals surface area contributed by atoms with E-state index in [0.717, 1.165) is 4.88 Å². The van der Waals surface area contributed by atoms with E-state index in [9.17, 15) is 13.2 Å². The zero-order chi connectivity index (χ0) is 18.1. The Morgan fingerprint density at radius 2 is 1.96 bits per heavy atom. The Labute approximate surface area is 154 Å². The predicted molar refractivity (Wildman–Crippen MR) is 99.5 cm³/mol. The van der Waals surface area contributed by atoms with E-state index in [1.54, 1.807) is 11.3 Å². The van der Waals surface area contributed by atoms with E-state index in [4.69, 9.17) is 5.14 Å². The molecule has 1 unspecified atom stereocenters. The first-order valence-electron chi connectivity index (χ1n) is 7.17. The minimum Gasteiger partial charge on any atom is -0.344 e. The third kappa shape index (κ3) is 4.44. The molecule has 2 rings (SSSR count). The van der Waals surface area contributed by atoms with Crippen LogP contribution in [-0.4, -0.2) is 14.3 Å². The molecule has 0 saturated carbocycles. The third-order valence-electron chi connectivity index (χ3n) is 3.48. The molecule has 1 aromatic heterocycles. The largest absolute Gasteiger partial charge is 0.344 e. The SMILES string of the molecule is CC(C)(C)C(NC(=O)c1cc(S(N)(=O)=O)ccc1Br)c1cccs1. The summed E-state index contributed by atoms with van der Waals surface area (Å²) in [5, 5.41) is 10.1. The molecule has 5 nitrogen and oxygen atoms in total. The maximum Gasteiger partial charge on any atom is 0.252 e. The van der Waals surface area contributed by atoms with Crippen molar-refractivity contribution in [3.8, 4) is 0 Å². The zero-order valence-corrected chi connectivity index (χ0v) is 16.8. The predicted octanol–water partition coefficient (Wildman–Crippen LogP) is 3.68. The number of halogens is 1. The van der Waals surface area contributed by atoms with Gasteiger partial charge in [0.25, 0.3) is 5.91 Å². The van der Waals surface area contributed by atoms with Crippen LogP contribution in [0.25, 0.3) is 0 Å². The number of thiophene rings is 1. The zero-order valence-electron chi connectivity index (χ0n) is 13.5. The molecule has 3 N–H and O–H groups in total. The van der Waals surface area contributed by atoms with Crippen LogP contribution < -0.4 is 10.5 Å². The molecule has 1 atom stereocenters. The smallest absolute Gasteiger partial charge is 0.252 e. The van der Waals surface area contributed by atoms with E-state index < -0.39 is 10.0 Å². The minimum absolute atomic E-state index is 0.0979. The highest BCUT2D eigenvalue weighted by Crippen LogP contribution is 2.35. The fourth-order valence-electron chi connectivity index (χ4n) is 2.23. The molecule has 0 spiro atoms. The van der Waals surface area contributed by atoms with Gasteiger partial charge in [-0.1, -0.05) is 26.8 Å². The number of carbonyl (C=O) groups is 1. The quantitative estimate of drug-likeness (QED) is 0.774.